The number of hydrogen-bond donors (Lipinski definition) is 0. The third-order valence-corrected chi connectivity index (χ3v) is 2.09. The largest absolute Gasteiger partial charge is 0.306 e. The van der Waals surface area contributed by atoms with Crippen molar-refractivity contribution < 1.29 is 4.79 Å². The van der Waals surface area contributed by atoms with E-state index in [2.05, 4.69) is 10.2 Å². The molecule has 1 fully saturated rings. The number of carbonyl (C=O) groups excluding carboxylic acids is 1. The first-order valence-electron chi connectivity index (χ1n) is 4.12. The third-order valence-electron chi connectivity index (χ3n) is 2.09. The zero-order valence-corrected chi connectivity index (χ0v) is 7.24. The van der Waals surface area contributed by atoms with Crippen molar-refractivity contribution in [2.45, 2.75) is 32.7 Å². The molecule has 0 radical (unpaired) electrons. The average molecular weight is 165 g/mol. The SMILES string of the molecule is CC(=O)c1nnc(C)n1C1CC1. The minimum absolute atomic E-state index is 0.00231. The van der Waals surface area contributed by atoms with Crippen LogP contribution in [0.25, 0.3) is 0 Å². The van der Waals surface area contributed by atoms with Gasteiger partial charge in [0, 0.05) is 13.0 Å². The maximum Gasteiger partial charge on any atom is 0.200 e. The first-order valence-corrected chi connectivity index (χ1v) is 4.12. The maximum atomic E-state index is 11.1. The molecule has 64 valence electrons. The molecule has 0 aliphatic heterocycles. The van der Waals surface area contributed by atoms with Gasteiger partial charge in [-0.2, -0.15) is 0 Å². The first-order chi connectivity index (χ1) is 5.70. The zero-order valence-electron chi connectivity index (χ0n) is 7.24. The Hall–Kier alpha value is -1.19. The highest BCUT2D eigenvalue weighted by Gasteiger charge is 2.29. The lowest BCUT2D eigenvalue weighted by Crippen LogP contribution is -2.07. The number of Topliss-reactive ketones (excluding diaryl/α,β-unsaturated/α-hetero) is 1. The van der Waals surface area contributed by atoms with Gasteiger partial charge in [-0.15, -0.1) is 10.2 Å². The zero-order chi connectivity index (χ0) is 8.72. The van der Waals surface area contributed by atoms with Crippen LogP contribution in [0.3, 0.4) is 0 Å². The average Bonchev–Trinajstić information content (AvgIpc) is 2.75. The second-order valence-corrected chi connectivity index (χ2v) is 3.23. The molecule has 0 saturated heterocycles. The Labute approximate surface area is 70.6 Å². The van der Waals surface area contributed by atoms with Gasteiger partial charge in [0.2, 0.25) is 0 Å². The fourth-order valence-corrected chi connectivity index (χ4v) is 1.38. The van der Waals surface area contributed by atoms with E-state index in [-0.39, 0.29) is 5.78 Å². The van der Waals surface area contributed by atoms with Crippen molar-refractivity contribution >= 4 is 5.78 Å². The summed E-state index contributed by atoms with van der Waals surface area (Å²) in [6, 6.07) is 0.485. The van der Waals surface area contributed by atoms with Crippen molar-refractivity contribution in [2.24, 2.45) is 0 Å². The van der Waals surface area contributed by atoms with E-state index in [4.69, 9.17) is 0 Å². The van der Waals surface area contributed by atoms with Crippen LogP contribution in [0.5, 0.6) is 0 Å². The smallest absolute Gasteiger partial charge is 0.200 e. The fraction of sp³-hybridized carbons (Fsp3) is 0.625. The van der Waals surface area contributed by atoms with E-state index in [1.54, 1.807) is 0 Å². The summed E-state index contributed by atoms with van der Waals surface area (Å²) in [5.74, 6) is 1.36. The second kappa shape index (κ2) is 2.40. The Balaban J connectivity index is 2.46. The Kier molecular flexibility index (Phi) is 1.49. The minimum atomic E-state index is 0.00231. The van der Waals surface area contributed by atoms with Crippen LogP contribution in [-0.2, 0) is 0 Å². The van der Waals surface area contributed by atoms with E-state index < -0.39 is 0 Å². The Morgan fingerprint density at radius 2 is 2.17 bits per heavy atom. The first kappa shape index (κ1) is 7.46. The van der Waals surface area contributed by atoms with E-state index in [1.807, 2.05) is 11.5 Å². The summed E-state index contributed by atoms with van der Waals surface area (Å²) in [6.45, 7) is 3.42. The number of carbonyl (C=O) groups is 1. The molecule has 1 saturated carbocycles. The summed E-state index contributed by atoms with van der Waals surface area (Å²) >= 11 is 0. The molecule has 1 aliphatic carbocycles. The second-order valence-electron chi connectivity index (χ2n) is 3.23. The van der Waals surface area contributed by atoms with Gasteiger partial charge < -0.3 is 4.57 Å². The topological polar surface area (TPSA) is 47.8 Å². The summed E-state index contributed by atoms with van der Waals surface area (Å²) in [5.41, 5.74) is 0. The van der Waals surface area contributed by atoms with Gasteiger partial charge in [0.05, 0.1) is 0 Å². The highest BCUT2D eigenvalue weighted by Crippen LogP contribution is 2.36. The van der Waals surface area contributed by atoms with Crippen LogP contribution in [0.1, 0.15) is 42.3 Å². The third kappa shape index (κ3) is 1.03. The molecule has 0 aromatic carbocycles. The lowest BCUT2D eigenvalue weighted by atomic mass is 10.4. The Bertz CT molecular complexity index is 325. The van der Waals surface area contributed by atoms with Gasteiger partial charge in [-0.1, -0.05) is 0 Å². The van der Waals surface area contributed by atoms with E-state index in [1.165, 1.54) is 6.92 Å². The molecule has 4 heteroatoms. The fourth-order valence-electron chi connectivity index (χ4n) is 1.38. The van der Waals surface area contributed by atoms with Crippen molar-refractivity contribution in [3.05, 3.63) is 11.6 Å². The number of rotatable bonds is 2. The number of hydrogen-bond acceptors (Lipinski definition) is 3. The Morgan fingerprint density at radius 3 is 2.67 bits per heavy atom. The summed E-state index contributed by atoms with van der Waals surface area (Å²) < 4.78 is 1.95. The molecule has 0 amide bonds. The summed E-state index contributed by atoms with van der Waals surface area (Å²) in [4.78, 5) is 11.1. The molecule has 0 spiro atoms. The predicted octanol–water partition coefficient (Wildman–Crippen LogP) is 1.12. The number of aryl methyl sites for hydroxylation is 1. The van der Waals surface area contributed by atoms with Crippen LogP contribution < -0.4 is 0 Å². The molecule has 4 nitrogen and oxygen atoms in total. The minimum Gasteiger partial charge on any atom is -0.306 e. The summed E-state index contributed by atoms with van der Waals surface area (Å²) in [5, 5.41) is 7.73. The number of nitrogens with zero attached hydrogens (tertiary/aromatic N) is 3. The van der Waals surface area contributed by atoms with Crippen molar-refractivity contribution in [3.63, 3.8) is 0 Å². The maximum absolute atomic E-state index is 11.1. The van der Waals surface area contributed by atoms with Crippen LogP contribution in [-0.4, -0.2) is 20.5 Å². The molecule has 0 bridgehead atoms. The molecule has 1 aliphatic rings. The van der Waals surface area contributed by atoms with Crippen LogP contribution in [0.4, 0.5) is 0 Å². The molecular formula is C8H11N3O. The number of aromatic nitrogens is 3. The molecule has 1 heterocycles. The van der Waals surface area contributed by atoms with Gasteiger partial charge in [0.15, 0.2) is 11.6 Å². The van der Waals surface area contributed by atoms with Gasteiger partial charge >= 0.3 is 0 Å². The summed E-state index contributed by atoms with van der Waals surface area (Å²) in [7, 11) is 0. The number of ketones is 1. The molecule has 2 rings (SSSR count). The lowest BCUT2D eigenvalue weighted by Gasteiger charge is -2.02. The van der Waals surface area contributed by atoms with Crippen molar-refractivity contribution in [1.29, 1.82) is 0 Å². The van der Waals surface area contributed by atoms with Gasteiger partial charge in [-0.05, 0) is 19.8 Å². The molecule has 0 unspecified atom stereocenters. The molecule has 0 atom stereocenters. The van der Waals surface area contributed by atoms with E-state index in [0.717, 1.165) is 18.7 Å². The van der Waals surface area contributed by atoms with Gasteiger partial charge in [-0.3, -0.25) is 4.79 Å². The molecule has 1 aromatic rings. The highest BCUT2D eigenvalue weighted by atomic mass is 16.1. The van der Waals surface area contributed by atoms with Crippen molar-refractivity contribution in [2.75, 3.05) is 0 Å². The van der Waals surface area contributed by atoms with Gasteiger partial charge in [0.25, 0.3) is 0 Å². The van der Waals surface area contributed by atoms with E-state index >= 15 is 0 Å². The van der Waals surface area contributed by atoms with Crippen LogP contribution in [0, 0.1) is 6.92 Å². The van der Waals surface area contributed by atoms with Gasteiger partial charge in [0.1, 0.15) is 5.82 Å². The van der Waals surface area contributed by atoms with Crippen molar-refractivity contribution in [1.82, 2.24) is 14.8 Å². The van der Waals surface area contributed by atoms with Crippen LogP contribution in [0.15, 0.2) is 0 Å². The van der Waals surface area contributed by atoms with Gasteiger partial charge in [-0.25, -0.2) is 0 Å². The highest BCUT2D eigenvalue weighted by molar-refractivity contribution is 5.90. The normalized spacial score (nSPS) is 16.5. The Morgan fingerprint density at radius 1 is 1.50 bits per heavy atom. The van der Waals surface area contributed by atoms with E-state index in [9.17, 15) is 4.79 Å². The van der Waals surface area contributed by atoms with Crippen molar-refractivity contribution in [3.8, 4) is 0 Å². The lowest BCUT2D eigenvalue weighted by molar-refractivity contribution is 0.0998. The standard InChI is InChI=1S/C8H11N3O/c1-5(12)8-10-9-6(2)11(8)7-3-4-7/h7H,3-4H2,1-2H3. The van der Waals surface area contributed by atoms with Crippen LogP contribution in [0.2, 0.25) is 0 Å². The predicted molar refractivity (Wildman–Crippen MR) is 43.0 cm³/mol. The molecular weight excluding hydrogens is 154 g/mol. The summed E-state index contributed by atoms with van der Waals surface area (Å²) in [6.07, 6.45) is 2.30. The van der Waals surface area contributed by atoms with E-state index in [0.29, 0.717) is 11.9 Å². The molecule has 1 aromatic heterocycles. The molecule has 0 N–H and O–H groups in total. The monoisotopic (exact) mass is 165 g/mol. The quantitative estimate of drug-likeness (QED) is 0.617. The van der Waals surface area contributed by atoms with Crippen LogP contribution >= 0.6 is 0 Å². The molecule has 12 heavy (non-hydrogen) atoms.